The minimum atomic E-state index is -0.244. The summed E-state index contributed by atoms with van der Waals surface area (Å²) < 4.78 is 14.2. The van der Waals surface area contributed by atoms with Gasteiger partial charge in [-0.1, -0.05) is 46.3 Å². The molecule has 0 amide bonds. The van der Waals surface area contributed by atoms with E-state index in [1.807, 2.05) is 30.3 Å². The average Bonchev–Trinajstić information content (AvgIpc) is 2.62. The van der Waals surface area contributed by atoms with E-state index >= 15 is 0 Å². The second-order valence-electron chi connectivity index (χ2n) is 5.59. The normalized spacial score (nSPS) is 10.9. The highest BCUT2D eigenvalue weighted by Crippen LogP contribution is 2.33. The number of hydrogen-bond acceptors (Lipinski definition) is 1. The van der Waals surface area contributed by atoms with Gasteiger partial charge >= 0.3 is 0 Å². The van der Waals surface area contributed by atoms with Crippen LogP contribution in [0.4, 0.5) is 4.39 Å². The summed E-state index contributed by atoms with van der Waals surface area (Å²) in [7, 11) is 0. The fourth-order valence-electron chi connectivity index (χ4n) is 2.82. The topological polar surface area (TPSA) is 12.9 Å². The van der Waals surface area contributed by atoms with Gasteiger partial charge in [-0.3, -0.25) is 0 Å². The Morgan fingerprint density at radius 2 is 1.50 bits per heavy atom. The van der Waals surface area contributed by atoms with E-state index in [2.05, 4.69) is 40.2 Å². The lowest BCUT2D eigenvalue weighted by Crippen LogP contribution is -1.90. The predicted molar refractivity (Wildman–Crippen MR) is 100 cm³/mol. The Morgan fingerprint density at radius 1 is 0.750 bits per heavy atom. The highest BCUT2D eigenvalue weighted by atomic mass is 79.9. The smallest absolute Gasteiger partial charge is 0.123 e. The summed E-state index contributed by atoms with van der Waals surface area (Å²) in [4.78, 5) is 4.76. The molecule has 116 valence electrons. The molecular weight excluding hydrogens is 365 g/mol. The SMILES string of the molecule is Fc1ccc(-c2cc(-c3ccccc3)c3cc(Br)ccc3n2)cc1. The van der Waals surface area contributed by atoms with Gasteiger partial charge in [0.25, 0.3) is 0 Å². The second kappa shape index (κ2) is 6.17. The van der Waals surface area contributed by atoms with E-state index < -0.39 is 0 Å². The van der Waals surface area contributed by atoms with Crippen LogP contribution < -0.4 is 0 Å². The van der Waals surface area contributed by atoms with Crippen molar-refractivity contribution in [2.24, 2.45) is 0 Å². The molecule has 0 atom stereocenters. The zero-order valence-electron chi connectivity index (χ0n) is 12.7. The van der Waals surface area contributed by atoms with Crippen LogP contribution in [0.1, 0.15) is 0 Å². The molecule has 3 aromatic carbocycles. The fourth-order valence-corrected chi connectivity index (χ4v) is 3.18. The maximum absolute atomic E-state index is 13.2. The number of rotatable bonds is 2. The van der Waals surface area contributed by atoms with Gasteiger partial charge in [-0.05, 0) is 59.7 Å². The fraction of sp³-hybridized carbons (Fsp3) is 0. The zero-order chi connectivity index (χ0) is 16.5. The third kappa shape index (κ3) is 2.83. The third-order valence-electron chi connectivity index (χ3n) is 4.00. The molecule has 0 fully saturated rings. The van der Waals surface area contributed by atoms with Gasteiger partial charge in [0.15, 0.2) is 0 Å². The molecule has 0 N–H and O–H groups in total. The summed E-state index contributed by atoms with van der Waals surface area (Å²) in [6.07, 6.45) is 0. The maximum atomic E-state index is 13.2. The first kappa shape index (κ1) is 15.0. The highest BCUT2D eigenvalue weighted by Gasteiger charge is 2.10. The van der Waals surface area contributed by atoms with E-state index in [0.717, 1.165) is 37.8 Å². The number of halogens is 2. The van der Waals surface area contributed by atoms with Crippen molar-refractivity contribution in [2.45, 2.75) is 0 Å². The molecule has 0 bridgehead atoms. The van der Waals surface area contributed by atoms with Gasteiger partial charge in [0.1, 0.15) is 5.82 Å². The first-order valence-electron chi connectivity index (χ1n) is 7.62. The number of aromatic nitrogens is 1. The van der Waals surface area contributed by atoms with E-state index in [0.29, 0.717) is 0 Å². The number of fused-ring (bicyclic) bond motifs is 1. The van der Waals surface area contributed by atoms with Crippen molar-refractivity contribution in [2.75, 3.05) is 0 Å². The van der Waals surface area contributed by atoms with Crippen LogP contribution in [0.2, 0.25) is 0 Å². The number of hydrogen-bond donors (Lipinski definition) is 0. The minimum Gasteiger partial charge on any atom is -0.248 e. The van der Waals surface area contributed by atoms with Crippen LogP contribution >= 0.6 is 15.9 Å². The Labute approximate surface area is 147 Å². The molecule has 3 heteroatoms. The van der Waals surface area contributed by atoms with E-state index in [1.54, 1.807) is 12.1 Å². The van der Waals surface area contributed by atoms with Crippen molar-refractivity contribution in [3.63, 3.8) is 0 Å². The molecule has 1 aromatic heterocycles. The van der Waals surface area contributed by atoms with Crippen molar-refractivity contribution in [3.8, 4) is 22.4 Å². The van der Waals surface area contributed by atoms with Crippen LogP contribution in [0.3, 0.4) is 0 Å². The van der Waals surface area contributed by atoms with Crippen LogP contribution in [0, 0.1) is 5.82 Å². The van der Waals surface area contributed by atoms with E-state index in [1.165, 1.54) is 12.1 Å². The lowest BCUT2D eigenvalue weighted by molar-refractivity contribution is 0.628. The van der Waals surface area contributed by atoms with Crippen LogP contribution in [-0.4, -0.2) is 4.98 Å². The van der Waals surface area contributed by atoms with Crippen LogP contribution in [-0.2, 0) is 0 Å². The van der Waals surface area contributed by atoms with E-state index in [9.17, 15) is 4.39 Å². The van der Waals surface area contributed by atoms with Crippen molar-refractivity contribution in [3.05, 3.63) is 89.2 Å². The summed E-state index contributed by atoms with van der Waals surface area (Å²) in [6.45, 7) is 0. The molecule has 0 saturated heterocycles. The molecule has 24 heavy (non-hydrogen) atoms. The monoisotopic (exact) mass is 377 g/mol. The Bertz CT molecular complexity index is 1010. The maximum Gasteiger partial charge on any atom is 0.123 e. The number of nitrogens with zero attached hydrogens (tertiary/aromatic N) is 1. The van der Waals surface area contributed by atoms with Gasteiger partial charge in [0.2, 0.25) is 0 Å². The number of pyridine rings is 1. The zero-order valence-corrected chi connectivity index (χ0v) is 14.3. The summed E-state index contributed by atoms with van der Waals surface area (Å²) in [5.74, 6) is -0.244. The van der Waals surface area contributed by atoms with Gasteiger partial charge in [-0.15, -0.1) is 0 Å². The lowest BCUT2D eigenvalue weighted by Gasteiger charge is -2.11. The highest BCUT2D eigenvalue weighted by molar-refractivity contribution is 9.10. The van der Waals surface area contributed by atoms with E-state index in [-0.39, 0.29) is 5.82 Å². The van der Waals surface area contributed by atoms with E-state index in [4.69, 9.17) is 4.98 Å². The standard InChI is InChI=1S/C21H13BrFN/c22-16-8-11-20-19(12-16)18(14-4-2-1-3-5-14)13-21(24-20)15-6-9-17(23)10-7-15/h1-13H. The van der Waals surface area contributed by atoms with Gasteiger partial charge in [0, 0.05) is 15.4 Å². The molecule has 4 aromatic rings. The molecule has 0 aliphatic rings. The Hall–Kier alpha value is -2.52. The summed E-state index contributed by atoms with van der Waals surface area (Å²) in [6, 6.07) is 24.8. The quantitative estimate of drug-likeness (QED) is 0.390. The summed E-state index contributed by atoms with van der Waals surface area (Å²) in [5, 5.41) is 1.08. The largest absolute Gasteiger partial charge is 0.248 e. The Kier molecular flexibility index (Phi) is 3.87. The molecule has 0 spiro atoms. The molecular formula is C21H13BrFN. The molecule has 0 aliphatic heterocycles. The molecule has 1 heterocycles. The first-order chi connectivity index (χ1) is 11.7. The predicted octanol–water partition coefficient (Wildman–Crippen LogP) is 6.47. The minimum absolute atomic E-state index is 0.244. The number of benzene rings is 3. The van der Waals surface area contributed by atoms with Crippen molar-refractivity contribution < 1.29 is 4.39 Å². The third-order valence-corrected chi connectivity index (χ3v) is 4.49. The molecule has 0 saturated carbocycles. The molecule has 0 aliphatic carbocycles. The summed E-state index contributed by atoms with van der Waals surface area (Å²) in [5.41, 5.74) is 4.90. The molecule has 4 rings (SSSR count). The Balaban J connectivity index is 2.00. The lowest BCUT2D eigenvalue weighted by atomic mass is 9.98. The average molecular weight is 378 g/mol. The van der Waals surface area contributed by atoms with Crippen molar-refractivity contribution >= 4 is 26.8 Å². The second-order valence-corrected chi connectivity index (χ2v) is 6.51. The molecule has 0 unspecified atom stereocenters. The van der Waals surface area contributed by atoms with Gasteiger partial charge in [-0.2, -0.15) is 0 Å². The van der Waals surface area contributed by atoms with Crippen LogP contribution in [0.5, 0.6) is 0 Å². The molecule has 0 radical (unpaired) electrons. The summed E-state index contributed by atoms with van der Waals surface area (Å²) >= 11 is 3.54. The first-order valence-corrected chi connectivity index (χ1v) is 8.42. The van der Waals surface area contributed by atoms with Gasteiger partial charge < -0.3 is 0 Å². The van der Waals surface area contributed by atoms with Gasteiger partial charge in [0.05, 0.1) is 11.2 Å². The van der Waals surface area contributed by atoms with Crippen LogP contribution in [0.15, 0.2) is 83.3 Å². The van der Waals surface area contributed by atoms with Crippen molar-refractivity contribution in [1.29, 1.82) is 0 Å². The van der Waals surface area contributed by atoms with Crippen LogP contribution in [0.25, 0.3) is 33.3 Å². The van der Waals surface area contributed by atoms with Crippen molar-refractivity contribution in [1.82, 2.24) is 4.98 Å². The Morgan fingerprint density at radius 3 is 2.25 bits per heavy atom. The molecule has 1 nitrogen and oxygen atoms in total. The van der Waals surface area contributed by atoms with Gasteiger partial charge in [-0.25, -0.2) is 9.37 Å².